The fourth-order valence-corrected chi connectivity index (χ4v) is 3.51. The second kappa shape index (κ2) is 7.28. The lowest BCUT2D eigenvalue weighted by Gasteiger charge is -2.31. The Morgan fingerprint density at radius 1 is 1.24 bits per heavy atom. The SMILES string of the molecule is CC1CCCC(NC(=O)C2Cc3ccccc3CN2)C1.Cl. The van der Waals surface area contributed by atoms with E-state index in [1.165, 1.54) is 24.0 Å². The molecule has 3 nitrogen and oxygen atoms in total. The van der Waals surface area contributed by atoms with E-state index < -0.39 is 0 Å². The zero-order valence-electron chi connectivity index (χ0n) is 12.6. The third-order valence-electron chi connectivity index (χ3n) is 4.68. The number of carbonyl (C=O) groups excluding carboxylic acids is 1. The zero-order chi connectivity index (χ0) is 13.9. The first-order valence-electron chi connectivity index (χ1n) is 7.83. The summed E-state index contributed by atoms with van der Waals surface area (Å²) in [6.07, 6.45) is 5.63. The van der Waals surface area contributed by atoms with Crippen LogP contribution in [0.25, 0.3) is 0 Å². The van der Waals surface area contributed by atoms with Crippen LogP contribution >= 0.6 is 12.4 Å². The van der Waals surface area contributed by atoms with Crippen LogP contribution in [0.4, 0.5) is 0 Å². The number of halogens is 1. The van der Waals surface area contributed by atoms with E-state index in [1.807, 2.05) is 0 Å². The number of nitrogens with one attached hydrogen (secondary N) is 2. The van der Waals surface area contributed by atoms with Gasteiger partial charge in [0, 0.05) is 12.6 Å². The van der Waals surface area contributed by atoms with Crippen LogP contribution < -0.4 is 10.6 Å². The van der Waals surface area contributed by atoms with E-state index in [0.29, 0.717) is 6.04 Å². The Kier molecular flexibility index (Phi) is 5.65. The lowest BCUT2D eigenvalue weighted by atomic mass is 9.86. The molecule has 0 bridgehead atoms. The van der Waals surface area contributed by atoms with Crippen LogP contribution in [-0.4, -0.2) is 18.0 Å². The molecule has 0 spiro atoms. The average molecular weight is 309 g/mol. The fourth-order valence-electron chi connectivity index (χ4n) is 3.51. The summed E-state index contributed by atoms with van der Waals surface area (Å²) in [5.74, 6) is 0.924. The predicted molar refractivity (Wildman–Crippen MR) is 87.6 cm³/mol. The van der Waals surface area contributed by atoms with Gasteiger partial charge in [0.2, 0.25) is 5.91 Å². The minimum atomic E-state index is -0.0675. The van der Waals surface area contributed by atoms with Crippen molar-refractivity contribution in [3.8, 4) is 0 Å². The summed E-state index contributed by atoms with van der Waals surface area (Å²) in [5, 5.41) is 6.61. The highest BCUT2D eigenvalue weighted by molar-refractivity contribution is 5.85. The highest BCUT2D eigenvalue weighted by Crippen LogP contribution is 2.24. The van der Waals surface area contributed by atoms with Gasteiger partial charge in [-0.05, 0) is 36.3 Å². The van der Waals surface area contributed by atoms with Gasteiger partial charge in [0.05, 0.1) is 6.04 Å². The first-order valence-corrected chi connectivity index (χ1v) is 7.83. The third kappa shape index (κ3) is 3.98. The van der Waals surface area contributed by atoms with Gasteiger partial charge < -0.3 is 10.6 Å². The number of hydrogen-bond acceptors (Lipinski definition) is 2. The zero-order valence-corrected chi connectivity index (χ0v) is 13.4. The van der Waals surface area contributed by atoms with Crippen LogP contribution in [0, 0.1) is 5.92 Å². The van der Waals surface area contributed by atoms with E-state index in [-0.39, 0.29) is 24.4 Å². The molecule has 1 heterocycles. The van der Waals surface area contributed by atoms with E-state index in [9.17, 15) is 4.79 Å². The summed E-state index contributed by atoms with van der Waals surface area (Å²) in [7, 11) is 0. The number of amides is 1. The number of hydrogen-bond donors (Lipinski definition) is 2. The second-order valence-electron chi connectivity index (χ2n) is 6.38. The van der Waals surface area contributed by atoms with Crippen molar-refractivity contribution in [1.82, 2.24) is 10.6 Å². The van der Waals surface area contributed by atoms with Crippen molar-refractivity contribution >= 4 is 18.3 Å². The number of benzene rings is 1. The maximum atomic E-state index is 12.4. The second-order valence-corrected chi connectivity index (χ2v) is 6.38. The molecule has 1 aliphatic heterocycles. The molecule has 1 aromatic carbocycles. The van der Waals surface area contributed by atoms with Crippen LogP contribution in [0.2, 0.25) is 0 Å². The van der Waals surface area contributed by atoms with E-state index in [4.69, 9.17) is 0 Å². The van der Waals surface area contributed by atoms with E-state index >= 15 is 0 Å². The van der Waals surface area contributed by atoms with Gasteiger partial charge in [-0.15, -0.1) is 12.4 Å². The lowest BCUT2D eigenvalue weighted by Crippen LogP contribution is -2.51. The van der Waals surface area contributed by atoms with Gasteiger partial charge in [-0.1, -0.05) is 44.0 Å². The van der Waals surface area contributed by atoms with Gasteiger partial charge in [0.25, 0.3) is 0 Å². The molecule has 0 aromatic heterocycles. The Bertz CT molecular complexity index is 491. The van der Waals surface area contributed by atoms with Gasteiger partial charge >= 0.3 is 0 Å². The largest absolute Gasteiger partial charge is 0.352 e. The fraction of sp³-hybridized carbons (Fsp3) is 0.588. The third-order valence-corrected chi connectivity index (χ3v) is 4.68. The molecule has 3 rings (SSSR count). The summed E-state index contributed by atoms with van der Waals surface area (Å²) in [6, 6.07) is 8.71. The maximum Gasteiger partial charge on any atom is 0.237 e. The molecule has 2 aliphatic rings. The number of rotatable bonds is 2. The summed E-state index contributed by atoms with van der Waals surface area (Å²) < 4.78 is 0. The number of fused-ring (bicyclic) bond motifs is 1. The monoisotopic (exact) mass is 308 g/mol. The molecule has 21 heavy (non-hydrogen) atoms. The Hall–Kier alpha value is -1.06. The highest BCUT2D eigenvalue weighted by atomic mass is 35.5. The van der Waals surface area contributed by atoms with Crippen molar-refractivity contribution in [3.05, 3.63) is 35.4 Å². The normalized spacial score (nSPS) is 28.1. The minimum absolute atomic E-state index is 0. The summed E-state index contributed by atoms with van der Waals surface area (Å²) >= 11 is 0. The van der Waals surface area contributed by atoms with Gasteiger partial charge in [-0.2, -0.15) is 0 Å². The van der Waals surface area contributed by atoms with Crippen molar-refractivity contribution in [1.29, 1.82) is 0 Å². The standard InChI is InChI=1S/C17H24N2O.ClH/c1-12-5-4-8-15(9-12)19-17(20)16-10-13-6-2-3-7-14(13)11-18-16;/h2-3,6-7,12,15-16,18H,4-5,8-11H2,1H3,(H,19,20);1H. The maximum absolute atomic E-state index is 12.4. The molecule has 1 fully saturated rings. The highest BCUT2D eigenvalue weighted by Gasteiger charge is 2.27. The van der Waals surface area contributed by atoms with Gasteiger partial charge in [0.15, 0.2) is 0 Å². The Morgan fingerprint density at radius 2 is 2.00 bits per heavy atom. The topological polar surface area (TPSA) is 41.1 Å². The van der Waals surface area contributed by atoms with E-state index in [2.05, 4.69) is 41.8 Å². The van der Waals surface area contributed by atoms with Crippen LogP contribution in [0.1, 0.15) is 43.7 Å². The van der Waals surface area contributed by atoms with Crippen molar-refractivity contribution in [2.45, 2.75) is 57.7 Å². The van der Waals surface area contributed by atoms with E-state index in [0.717, 1.165) is 31.7 Å². The summed E-state index contributed by atoms with van der Waals surface area (Å²) in [6.45, 7) is 3.09. The molecule has 0 saturated heterocycles. The Labute approximate surface area is 133 Å². The molecular formula is C17H25ClN2O. The molecular weight excluding hydrogens is 284 g/mol. The average Bonchev–Trinajstić information content (AvgIpc) is 2.47. The first kappa shape index (κ1) is 16.3. The first-order chi connectivity index (χ1) is 9.72. The van der Waals surface area contributed by atoms with Crippen molar-refractivity contribution in [2.24, 2.45) is 5.92 Å². The Balaban J connectivity index is 0.00000161. The molecule has 3 atom stereocenters. The minimum Gasteiger partial charge on any atom is -0.352 e. The molecule has 3 unspecified atom stereocenters. The molecule has 1 aromatic rings. The van der Waals surface area contributed by atoms with Gasteiger partial charge in [0.1, 0.15) is 0 Å². The van der Waals surface area contributed by atoms with Crippen LogP contribution in [-0.2, 0) is 17.8 Å². The molecule has 1 saturated carbocycles. The molecule has 4 heteroatoms. The van der Waals surface area contributed by atoms with Crippen molar-refractivity contribution < 1.29 is 4.79 Å². The summed E-state index contributed by atoms with van der Waals surface area (Å²) in [5.41, 5.74) is 2.63. The lowest BCUT2D eigenvalue weighted by molar-refractivity contribution is -0.124. The van der Waals surface area contributed by atoms with Gasteiger partial charge in [-0.3, -0.25) is 4.79 Å². The predicted octanol–water partition coefficient (Wildman–Crippen LogP) is 2.82. The van der Waals surface area contributed by atoms with Crippen LogP contribution in [0.15, 0.2) is 24.3 Å². The van der Waals surface area contributed by atoms with Crippen LogP contribution in [0.5, 0.6) is 0 Å². The molecule has 1 amide bonds. The van der Waals surface area contributed by atoms with E-state index in [1.54, 1.807) is 0 Å². The van der Waals surface area contributed by atoms with Crippen LogP contribution in [0.3, 0.4) is 0 Å². The molecule has 2 N–H and O–H groups in total. The molecule has 0 radical (unpaired) electrons. The quantitative estimate of drug-likeness (QED) is 0.882. The smallest absolute Gasteiger partial charge is 0.237 e. The molecule has 1 aliphatic carbocycles. The Morgan fingerprint density at radius 3 is 2.76 bits per heavy atom. The summed E-state index contributed by atoms with van der Waals surface area (Å²) in [4.78, 5) is 12.4. The molecule has 116 valence electrons. The van der Waals surface area contributed by atoms with Crippen molar-refractivity contribution in [2.75, 3.05) is 0 Å². The number of carbonyl (C=O) groups is 1. The van der Waals surface area contributed by atoms with Crippen molar-refractivity contribution in [3.63, 3.8) is 0 Å². The van der Waals surface area contributed by atoms with Gasteiger partial charge in [-0.25, -0.2) is 0 Å².